The minimum absolute atomic E-state index is 0.0253. The molecule has 0 radical (unpaired) electrons. The van der Waals surface area contributed by atoms with Gasteiger partial charge in [0, 0.05) is 5.56 Å². The first kappa shape index (κ1) is 20.5. The number of aliphatic carboxylic acids is 1. The highest BCUT2D eigenvalue weighted by Crippen LogP contribution is 2.47. The number of carbonyl (C=O) groups excluding carboxylic acids is 1. The molecule has 9 heteroatoms. The van der Waals surface area contributed by atoms with Gasteiger partial charge in [0.2, 0.25) is 0 Å². The maximum Gasteiger partial charge on any atom is 0.416 e. The molecule has 0 saturated carbocycles. The Balaban J connectivity index is 2.00. The summed E-state index contributed by atoms with van der Waals surface area (Å²) in [5.41, 5.74) is -0.890. The number of ketones is 1. The molecular weight excluding hydrogens is 420 g/mol. The molecule has 3 rings (SSSR count). The van der Waals surface area contributed by atoms with Crippen molar-refractivity contribution in [2.75, 3.05) is 6.61 Å². The Hall–Kier alpha value is -2.25. The third-order valence-electron chi connectivity index (χ3n) is 4.73. The van der Waals surface area contributed by atoms with E-state index in [-0.39, 0.29) is 33.6 Å². The first-order valence-corrected chi connectivity index (χ1v) is 8.78. The fraction of sp³-hybridized carbons (Fsp3) is 0.263. The molecule has 0 fully saturated rings. The number of fused-ring (bicyclic) bond motifs is 1. The number of Topliss-reactive ketones (excluding diaryl/α,β-unsaturated/α-hetero) is 1. The SMILES string of the molecule is C[C@@]1(c2ccc(C(F)(F)F)cc2)Cc2cc(OCC(=O)O)c(Cl)c(Cl)c2C1=O. The molecule has 0 aliphatic heterocycles. The van der Waals surface area contributed by atoms with Gasteiger partial charge < -0.3 is 9.84 Å². The zero-order chi connectivity index (χ0) is 20.9. The van der Waals surface area contributed by atoms with Gasteiger partial charge in [-0.3, -0.25) is 4.79 Å². The number of alkyl halides is 3. The van der Waals surface area contributed by atoms with Crippen LogP contribution in [0.25, 0.3) is 0 Å². The molecule has 28 heavy (non-hydrogen) atoms. The highest BCUT2D eigenvalue weighted by molar-refractivity contribution is 6.45. The van der Waals surface area contributed by atoms with Crippen LogP contribution in [0.2, 0.25) is 10.0 Å². The Bertz CT molecular complexity index is 971. The Morgan fingerprint density at radius 3 is 2.36 bits per heavy atom. The molecule has 0 aromatic heterocycles. The van der Waals surface area contributed by atoms with Crippen molar-refractivity contribution in [2.24, 2.45) is 0 Å². The number of rotatable bonds is 4. The van der Waals surface area contributed by atoms with Crippen LogP contribution in [0.1, 0.15) is 34.0 Å². The lowest BCUT2D eigenvalue weighted by Gasteiger charge is -2.23. The lowest BCUT2D eigenvalue weighted by molar-refractivity contribution is -0.139. The van der Waals surface area contributed by atoms with Gasteiger partial charge in [0.15, 0.2) is 12.4 Å². The van der Waals surface area contributed by atoms with Crippen LogP contribution in [-0.2, 0) is 22.8 Å². The summed E-state index contributed by atoms with van der Waals surface area (Å²) < 4.78 is 43.5. The van der Waals surface area contributed by atoms with E-state index in [0.717, 1.165) is 12.1 Å². The lowest BCUT2D eigenvalue weighted by atomic mass is 9.78. The lowest BCUT2D eigenvalue weighted by Crippen LogP contribution is -2.29. The predicted octanol–water partition coefficient (Wildman–Crippen LogP) is 5.17. The minimum atomic E-state index is -4.48. The molecule has 4 nitrogen and oxygen atoms in total. The third-order valence-corrected chi connectivity index (χ3v) is 5.58. The van der Waals surface area contributed by atoms with E-state index in [1.165, 1.54) is 18.2 Å². The van der Waals surface area contributed by atoms with Gasteiger partial charge in [-0.1, -0.05) is 35.3 Å². The standard InChI is InChI=1S/C19H13Cl2F3O4/c1-18(10-2-4-11(5-3-10)19(22,23)24)7-9-6-12(28-8-13(25)26)15(20)16(21)14(9)17(18)27/h2-6H,7-8H2,1H3,(H,25,26)/t18-/m0/s1. The van der Waals surface area contributed by atoms with Gasteiger partial charge in [-0.2, -0.15) is 13.2 Å². The molecule has 0 bridgehead atoms. The number of ether oxygens (including phenoxy) is 1. The van der Waals surface area contributed by atoms with E-state index < -0.39 is 29.7 Å². The fourth-order valence-electron chi connectivity index (χ4n) is 3.28. The van der Waals surface area contributed by atoms with Gasteiger partial charge >= 0.3 is 12.1 Å². The molecule has 0 spiro atoms. The zero-order valence-electron chi connectivity index (χ0n) is 14.4. The highest BCUT2D eigenvalue weighted by atomic mass is 35.5. The molecule has 0 unspecified atom stereocenters. The molecule has 2 aromatic rings. The van der Waals surface area contributed by atoms with Gasteiger partial charge in [0.25, 0.3) is 0 Å². The average Bonchev–Trinajstić information content (AvgIpc) is 2.88. The molecule has 1 aliphatic rings. The number of carbonyl (C=O) groups is 2. The number of benzene rings is 2. The summed E-state index contributed by atoms with van der Waals surface area (Å²) in [4.78, 5) is 23.8. The van der Waals surface area contributed by atoms with E-state index in [4.69, 9.17) is 33.0 Å². The van der Waals surface area contributed by atoms with Crippen LogP contribution in [0.15, 0.2) is 30.3 Å². The third kappa shape index (κ3) is 3.44. The Morgan fingerprint density at radius 2 is 1.82 bits per heavy atom. The van der Waals surface area contributed by atoms with Crippen LogP contribution >= 0.6 is 23.2 Å². The van der Waals surface area contributed by atoms with Crippen molar-refractivity contribution < 1.29 is 32.6 Å². The van der Waals surface area contributed by atoms with E-state index in [9.17, 15) is 22.8 Å². The first-order chi connectivity index (χ1) is 12.9. The van der Waals surface area contributed by atoms with E-state index in [1.807, 2.05) is 0 Å². The number of hydrogen-bond donors (Lipinski definition) is 1. The molecule has 2 aromatic carbocycles. The Morgan fingerprint density at radius 1 is 1.21 bits per heavy atom. The van der Waals surface area contributed by atoms with Crippen LogP contribution < -0.4 is 4.74 Å². The topological polar surface area (TPSA) is 63.6 Å². The Labute approximate surface area is 167 Å². The van der Waals surface area contributed by atoms with Crippen molar-refractivity contribution >= 4 is 35.0 Å². The van der Waals surface area contributed by atoms with E-state index in [2.05, 4.69) is 0 Å². The van der Waals surface area contributed by atoms with Crippen LogP contribution in [0.5, 0.6) is 5.75 Å². The van der Waals surface area contributed by atoms with Gasteiger partial charge in [-0.05, 0) is 42.7 Å². The van der Waals surface area contributed by atoms with Crippen LogP contribution in [0, 0.1) is 0 Å². The van der Waals surface area contributed by atoms with Gasteiger partial charge in [0.1, 0.15) is 10.8 Å². The molecule has 0 heterocycles. The number of carboxylic acids is 1. The Kier molecular flexibility index (Phi) is 5.10. The summed E-state index contributed by atoms with van der Waals surface area (Å²) >= 11 is 12.3. The normalized spacial score (nSPS) is 18.9. The summed E-state index contributed by atoms with van der Waals surface area (Å²) in [6.07, 6.45) is -4.32. The summed E-state index contributed by atoms with van der Waals surface area (Å²) in [5.74, 6) is -1.56. The summed E-state index contributed by atoms with van der Waals surface area (Å²) in [7, 11) is 0. The molecule has 1 atom stereocenters. The molecule has 148 valence electrons. The molecule has 1 N–H and O–H groups in total. The monoisotopic (exact) mass is 432 g/mol. The molecule has 0 saturated heterocycles. The second-order valence-electron chi connectivity index (χ2n) is 6.63. The van der Waals surface area contributed by atoms with Crippen molar-refractivity contribution in [1.82, 2.24) is 0 Å². The van der Waals surface area contributed by atoms with Crippen LogP contribution in [0.4, 0.5) is 13.2 Å². The minimum Gasteiger partial charge on any atom is -0.480 e. The van der Waals surface area contributed by atoms with Crippen molar-refractivity contribution in [3.63, 3.8) is 0 Å². The quantitative estimate of drug-likeness (QED) is 0.723. The van der Waals surface area contributed by atoms with Crippen molar-refractivity contribution in [3.05, 3.63) is 62.6 Å². The second kappa shape index (κ2) is 6.97. The van der Waals surface area contributed by atoms with E-state index >= 15 is 0 Å². The fourth-order valence-corrected chi connectivity index (χ4v) is 3.78. The molecular formula is C19H13Cl2F3O4. The summed E-state index contributed by atoms with van der Waals surface area (Å²) in [5, 5.41) is 8.59. The van der Waals surface area contributed by atoms with Crippen molar-refractivity contribution in [2.45, 2.75) is 24.9 Å². The first-order valence-electron chi connectivity index (χ1n) is 8.03. The molecule has 1 aliphatic carbocycles. The van der Waals surface area contributed by atoms with Crippen LogP contribution in [-0.4, -0.2) is 23.5 Å². The maximum absolute atomic E-state index is 13.1. The largest absolute Gasteiger partial charge is 0.480 e. The van der Waals surface area contributed by atoms with E-state index in [0.29, 0.717) is 11.1 Å². The maximum atomic E-state index is 13.1. The van der Waals surface area contributed by atoms with E-state index in [1.54, 1.807) is 6.92 Å². The highest BCUT2D eigenvalue weighted by Gasteiger charge is 2.45. The van der Waals surface area contributed by atoms with Gasteiger partial charge in [-0.25, -0.2) is 4.79 Å². The number of halogens is 5. The molecule has 0 amide bonds. The summed E-state index contributed by atoms with van der Waals surface area (Å²) in [6, 6.07) is 5.83. The summed E-state index contributed by atoms with van der Waals surface area (Å²) in [6.45, 7) is 0.971. The number of hydrogen-bond acceptors (Lipinski definition) is 3. The second-order valence-corrected chi connectivity index (χ2v) is 7.39. The average molecular weight is 433 g/mol. The zero-order valence-corrected chi connectivity index (χ0v) is 15.9. The number of carboxylic acid groups (broad SMARTS) is 1. The van der Waals surface area contributed by atoms with Gasteiger partial charge in [0.05, 0.1) is 16.0 Å². The predicted molar refractivity (Wildman–Crippen MR) is 96.4 cm³/mol. The van der Waals surface area contributed by atoms with Crippen molar-refractivity contribution in [3.8, 4) is 5.75 Å². The van der Waals surface area contributed by atoms with Gasteiger partial charge in [-0.15, -0.1) is 0 Å². The van der Waals surface area contributed by atoms with Crippen molar-refractivity contribution in [1.29, 1.82) is 0 Å². The smallest absolute Gasteiger partial charge is 0.416 e. The van der Waals surface area contributed by atoms with Crippen LogP contribution in [0.3, 0.4) is 0 Å².